The molecule has 1 heterocycles. The van der Waals surface area contributed by atoms with E-state index in [1.165, 1.54) is 16.0 Å². The van der Waals surface area contributed by atoms with E-state index in [-0.39, 0.29) is 0 Å². The summed E-state index contributed by atoms with van der Waals surface area (Å²) in [5.74, 6) is -0.806. The van der Waals surface area contributed by atoms with E-state index >= 15 is 0 Å². The number of hydrogen-bond donors (Lipinski definition) is 1. The normalized spacial score (nSPS) is 11.8. The average molecular weight is 557 g/mol. The zero-order chi connectivity index (χ0) is 24.6. The highest BCUT2D eigenvalue weighted by Crippen LogP contribution is 2.43. The molecule has 0 aliphatic heterocycles. The molecule has 0 fully saturated rings. The topological polar surface area (TPSA) is 42.2 Å². The zero-order valence-corrected chi connectivity index (χ0v) is 22.8. The van der Waals surface area contributed by atoms with Gasteiger partial charge in [0.15, 0.2) is 0 Å². The monoisotopic (exact) mass is 555 g/mol. The number of hydrogen-bond acceptors (Lipinski definition) is 2. The van der Waals surface area contributed by atoms with Crippen molar-refractivity contribution in [3.63, 3.8) is 0 Å². The van der Waals surface area contributed by atoms with Crippen molar-refractivity contribution in [3.8, 4) is 0 Å². The van der Waals surface area contributed by atoms with E-state index in [1.807, 2.05) is 30.3 Å². The first-order valence-electron chi connectivity index (χ1n) is 11.1. The molecule has 0 aliphatic carbocycles. The summed E-state index contributed by atoms with van der Waals surface area (Å²) in [7, 11) is 0. The molecule has 3 aromatic carbocycles. The maximum absolute atomic E-state index is 12.1. The van der Waals surface area contributed by atoms with E-state index in [9.17, 15) is 9.90 Å². The van der Waals surface area contributed by atoms with Gasteiger partial charge in [-0.25, -0.2) is 0 Å². The Labute approximate surface area is 218 Å². The lowest BCUT2D eigenvalue weighted by molar-refractivity contribution is -0.146. The molecule has 0 saturated heterocycles. The molecule has 0 bridgehead atoms. The molecule has 0 saturated carbocycles. The van der Waals surface area contributed by atoms with Gasteiger partial charge < -0.3 is 9.67 Å². The maximum Gasteiger partial charge on any atom is 0.309 e. The lowest BCUT2D eigenvalue weighted by Gasteiger charge is -2.22. The van der Waals surface area contributed by atoms with Crippen LogP contribution < -0.4 is 0 Å². The summed E-state index contributed by atoms with van der Waals surface area (Å²) in [6, 6.07) is 20.6. The van der Waals surface area contributed by atoms with Gasteiger partial charge in [-0.2, -0.15) is 0 Å². The van der Waals surface area contributed by atoms with Crippen LogP contribution in [0.5, 0.6) is 0 Å². The van der Waals surface area contributed by atoms with Crippen LogP contribution in [0.2, 0.25) is 5.02 Å². The van der Waals surface area contributed by atoms with Crippen LogP contribution in [-0.2, 0) is 17.8 Å². The molecule has 1 N–H and O–H groups in total. The minimum absolute atomic E-state index is 0.412. The van der Waals surface area contributed by atoms with Crippen molar-refractivity contribution in [3.05, 3.63) is 92.5 Å². The summed E-state index contributed by atoms with van der Waals surface area (Å²) in [5.41, 5.74) is 4.71. The number of carboxylic acids is 1. The van der Waals surface area contributed by atoms with Crippen molar-refractivity contribution < 1.29 is 9.90 Å². The van der Waals surface area contributed by atoms with Crippen molar-refractivity contribution in [2.45, 2.75) is 50.5 Å². The second kappa shape index (κ2) is 9.80. The van der Waals surface area contributed by atoms with Crippen molar-refractivity contribution in [2.75, 3.05) is 0 Å². The van der Waals surface area contributed by atoms with Crippen LogP contribution in [0.25, 0.3) is 10.9 Å². The molecule has 1 aromatic heterocycles. The van der Waals surface area contributed by atoms with Gasteiger partial charge in [0, 0.05) is 48.8 Å². The molecule has 4 aromatic rings. The van der Waals surface area contributed by atoms with E-state index in [1.54, 1.807) is 25.6 Å². The number of aromatic nitrogens is 1. The van der Waals surface area contributed by atoms with Gasteiger partial charge in [0.1, 0.15) is 0 Å². The molecule has 6 heteroatoms. The van der Waals surface area contributed by atoms with Crippen molar-refractivity contribution in [1.82, 2.24) is 4.57 Å². The predicted molar refractivity (Wildman–Crippen MR) is 145 cm³/mol. The van der Waals surface area contributed by atoms with E-state index in [0.717, 1.165) is 31.5 Å². The van der Waals surface area contributed by atoms with Crippen molar-refractivity contribution >= 4 is 56.2 Å². The van der Waals surface area contributed by atoms with Gasteiger partial charge in [-0.1, -0.05) is 63.6 Å². The summed E-state index contributed by atoms with van der Waals surface area (Å²) in [5, 5.41) is 11.8. The van der Waals surface area contributed by atoms with Gasteiger partial charge in [-0.15, -0.1) is 0 Å². The summed E-state index contributed by atoms with van der Waals surface area (Å²) < 4.78 is 3.26. The molecule has 176 valence electrons. The number of benzene rings is 3. The highest BCUT2D eigenvalue weighted by atomic mass is 79.9. The van der Waals surface area contributed by atoms with Gasteiger partial charge >= 0.3 is 5.97 Å². The Kier molecular flexibility index (Phi) is 7.18. The Balaban J connectivity index is 1.96. The average Bonchev–Trinajstić information content (AvgIpc) is 3.03. The molecule has 4 rings (SSSR count). The van der Waals surface area contributed by atoms with Crippen LogP contribution in [0.15, 0.2) is 74.9 Å². The van der Waals surface area contributed by atoms with Gasteiger partial charge in [0.2, 0.25) is 0 Å². The molecule has 3 nitrogen and oxygen atoms in total. The third kappa shape index (κ3) is 5.22. The third-order valence-corrected chi connectivity index (χ3v) is 8.14. The molecule has 0 unspecified atom stereocenters. The highest BCUT2D eigenvalue weighted by Gasteiger charge is 2.32. The number of halogens is 2. The Morgan fingerprint density at radius 3 is 2.44 bits per heavy atom. The molecule has 0 radical (unpaired) electrons. The smallest absolute Gasteiger partial charge is 0.309 e. The summed E-state index contributed by atoms with van der Waals surface area (Å²) in [4.78, 5) is 14.4. The number of fused-ring (bicyclic) bond motifs is 1. The zero-order valence-electron chi connectivity index (χ0n) is 19.7. The lowest BCUT2D eigenvalue weighted by Crippen LogP contribution is -2.27. The van der Waals surface area contributed by atoms with Crippen LogP contribution >= 0.6 is 39.3 Å². The Hall–Kier alpha value is -2.21. The fraction of sp³-hybridized carbons (Fsp3) is 0.250. The number of aliphatic carboxylic acids is 1. The van der Waals surface area contributed by atoms with Gasteiger partial charge in [-0.3, -0.25) is 4.79 Å². The minimum atomic E-state index is -0.916. The molecule has 0 aliphatic rings. The van der Waals surface area contributed by atoms with E-state index in [2.05, 4.69) is 64.7 Å². The number of nitrogens with zero attached hydrogens (tertiary/aromatic N) is 1. The number of rotatable bonds is 7. The molecule has 0 atom stereocenters. The SMILES string of the molecule is Cc1ccc(C)c(Sc2c(CC(C)(C)C(=O)O)n(Cc3ccc(Cl)cc3)c3ccc(Br)cc23)c1. The van der Waals surface area contributed by atoms with Crippen LogP contribution in [0.1, 0.15) is 36.2 Å². The van der Waals surface area contributed by atoms with E-state index < -0.39 is 11.4 Å². The van der Waals surface area contributed by atoms with Crippen LogP contribution in [0, 0.1) is 19.3 Å². The number of carboxylic acid groups (broad SMARTS) is 1. The quantitative estimate of drug-likeness (QED) is 0.248. The Morgan fingerprint density at radius 2 is 1.76 bits per heavy atom. The lowest BCUT2D eigenvalue weighted by atomic mass is 9.88. The van der Waals surface area contributed by atoms with Crippen LogP contribution in [0.4, 0.5) is 0 Å². The van der Waals surface area contributed by atoms with Gasteiger partial charge in [0.05, 0.1) is 5.41 Å². The van der Waals surface area contributed by atoms with E-state index in [4.69, 9.17) is 11.6 Å². The van der Waals surface area contributed by atoms with Crippen molar-refractivity contribution in [1.29, 1.82) is 0 Å². The fourth-order valence-corrected chi connectivity index (χ4v) is 5.77. The third-order valence-electron chi connectivity index (χ3n) is 6.08. The first-order valence-corrected chi connectivity index (χ1v) is 13.1. The second-order valence-electron chi connectivity index (χ2n) is 9.39. The van der Waals surface area contributed by atoms with E-state index in [0.29, 0.717) is 18.0 Å². The first kappa shape index (κ1) is 24.9. The fourth-order valence-electron chi connectivity index (χ4n) is 4.01. The summed E-state index contributed by atoms with van der Waals surface area (Å²) >= 11 is 11.5. The number of carbonyl (C=O) groups is 1. The molecular weight excluding hydrogens is 530 g/mol. The van der Waals surface area contributed by atoms with Crippen LogP contribution in [-0.4, -0.2) is 15.6 Å². The summed E-state index contributed by atoms with van der Waals surface area (Å²) in [6.45, 7) is 8.43. The van der Waals surface area contributed by atoms with Gasteiger partial charge in [-0.05, 0) is 80.8 Å². The second-order valence-corrected chi connectivity index (χ2v) is 11.8. The molecule has 34 heavy (non-hydrogen) atoms. The molecular formula is C28H27BrClNO2S. The molecule has 0 amide bonds. The maximum atomic E-state index is 12.1. The van der Waals surface area contributed by atoms with Crippen LogP contribution in [0.3, 0.4) is 0 Å². The van der Waals surface area contributed by atoms with Crippen molar-refractivity contribution in [2.24, 2.45) is 5.41 Å². The largest absolute Gasteiger partial charge is 0.481 e. The predicted octanol–water partition coefficient (Wildman–Crippen LogP) is 8.53. The van der Waals surface area contributed by atoms with Gasteiger partial charge in [0.25, 0.3) is 0 Å². The minimum Gasteiger partial charge on any atom is -0.481 e. The Bertz CT molecular complexity index is 1380. The highest BCUT2D eigenvalue weighted by molar-refractivity contribution is 9.10. The summed E-state index contributed by atoms with van der Waals surface area (Å²) in [6.07, 6.45) is 0.412. The first-order chi connectivity index (χ1) is 16.0. The number of aryl methyl sites for hydroxylation is 2. The Morgan fingerprint density at radius 1 is 1.06 bits per heavy atom. The molecule has 0 spiro atoms. The standard InChI is InChI=1S/C28H27BrClNO2S/c1-17-5-6-18(2)25(13-17)34-26-22-14-20(29)9-12-23(22)31(16-19-7-10-21(30)11-8-19)24(26)15-28(3,4)27(32)33/h5-14H,15-16H2,1-4H3,(H,32,33).